The van der Waals surface area contributed by atoms with Crippen LogP contribution in [0.2, 0.25) is 0 Å². The number of imide groups is 1. The van der Waals surface area contributed by atoms with Crippen molar-refractivity contribution in [2.75, 3.05) is 12.8 Å². The van der Waals surface area contributed by atoms with Gasteiger partial charge in [-0.2, -0.15) is 0 Å². The molecule has 0 aliphatic rings. The highest BCUT2D eigenvalue weighted by molar-refractivity contribution is 8.00. The largest absolute Gasteiger partial charge is 0.341 e. The molecule has 0 aliphatic carbocycles. The van der Waals surface area contributed by atoms with Crippen LogP contribution in [0.5, 0.6) is 0 Å². The van der Waals surface area contributed by atoms with Crippen LogP contribution in [0.15, 0.2) is 23.1 Å². The molecule has 4 nitrogen and oxygen atoms in total. The number of rotatable bonds is 3. The summed E-state index contributed by atoms with van der Waals surface area (Å²) in [5, 5.41) is 4.61. The van der Waals surface area contributed by atoms with Crippen LogP contribution in [-0.2, 0) is 10.2 Å². The minimum atomic E-state index is -0.476. The lowest BCUT2D eigenvalue weighted by Gasteiger charge is -2.20. The van der Waals surface area contributed by atoms with E-state index in [2.05, 4.69) is 49.6 Å². The number of thioether (sulfide) groups is 1. The molecule has 0 atom stereocenters. The lowest BCUT2D eigenvalue weighted by molar-refractivity contribution is -0.117. The quantitative estimate of drug-likeness (QED) is 0.843. The highest BCUT2D eigenvalue weighted by Gasteiger charge is 2.15. The molecule has 0 fully saturated rings. The molecule has 0 spiro atoms. The molecule has 3 amide bonds. The van der Waals surface area contributed by atoms with Gasteiger partial charge in [-0.1, -0.05) is 32.9 Å². The fourth-order valence-corrected chi connectivity index (χ4v) is 2.46. The molecule has 20 heavy (non-hydrogen) atoms. The Labute approximate surface area is 124 Å². The summed E-state index contributed by atoms with van der Waals surface area (Å²) in [5.74, 6) is -0.0723. The van der Waals surface area contributed by atoms with E-state index >= 15 is 0 Å². The Morgan fingerprint density at radius 1 is 1.25 bits per heavy atom. The van der Waals surface area contributed by atoms with Crippen LogP contribution < -0.4 is 10.6 Å². The number of aryl methyl sites for hydroxylation is 1. The number of benzene rings is 1. The number of carbonyl (C=O) groups excluding carboxylic acids is 2. The normalized spacial score (nSPS) is 11.1. The second-order valence-corrected chi connectivity index (χ2v) is 6.66. The molecular weight excluding hydrogens is 272 g/mol. The summed E-state index contributed by atoms with van der Waals surface area (Å²) in [6.45, 7) is 8.49. The maximum Gasteiger partial charge on any atom is 0.321 e. The Hall–Kier alpha value is -1.49. The number of nitrogens with one attached hydrogen (secondary N) is 2. The summed E-state index contributed by atoms with van der Waals surface area (Å²) in [7, 11) is 1.48. The van der Waals surface area contributed by atoms with Gasteiger partial charge in [0, 0.05) is 11.9 Å². The average molecular weight is 294 g/mol. The number of hydrogen-bond acceptors (Lipinski definition) is 3. The minimum Gasteiger partial charge on any atom is -0.341 e. The Balaban J connectivity index is 2.73. The summed E-state index contributed by atoms with van der Waals surface area (Å²) in [6.07, 6.45) is 0. The van der Waals surface area contributed by atoms with E-state index in [1.807, 2.05) is 6.92 Å². The third-order valence-corrected chi connectivity index (χ3v) is 4.05. The zero-order chi connectivity index (χ0) is 15.3. The van der Waals surface area contributed by atoms with E-state index in [1.54, 1.807) is 0 Å². The molecule has 110 valence electrons. The molecule has 0 heterocycles. The first-order valence-corrected chi connectivity index (χ1v) is 7.48. The topological polar surface area (TPSA) is 58.2 Å². The van der Waals surface area contributed by atoms with Gasteiger partial charge in [0.2, 0.25) is 5.91 Å². The van der Waals surface area contributed by atoms with Gasteiger partial charge in [-0.15, -0.1) is 11.8 Å². The Morgan fingerprint density at radius 3 is 2.45 bits per heavy atom. The fraction of sp³-hybridized carbons (Fsp3) is 0.467. The standard InChI is InChI=1S/C15H22N2O2S/c1-10-6-7-11(15(2,3)4)8-12(10)20-9-13(18)17-14(19)16-5/h6-8H,9H2,1-5H3,(H2,16,17,18,19). The van der Waals surface area contributed by atoms with Crippen LogP contribution >= 0.6 is 11.8 Å². The van der Waals surface area contributed by atoms with Crippen LogP contribution in [0.1, 0.15) is 31.9 Å². The van der Waals surface area contributed by atoms with Gasteiger partial charge >= 0.3 is 6.03 Å². The average Bonchev–Trinajstić information content (AvgIpc) is 2.36. The predicted octanol–water partition coefficient (Wildman–Crippen LogP) is 2.84. The van der Waals surface area contributed by atoms with E-state index in [0.717, 1.165) is 10.5 Å². The second kappa shape index (κ2) is 6.79. The van der Waals surface area contributed by atoms with Gasteiger partial charge in [0.1, 0.15) is 0 Å². The van der Waals surface area contributed by atoms with Crippen molar-refractivity contribution in [1.82, 2.24) is 10.6 Å². The summed E-state index contributed by atoms with van der Waals surface area (Å²) >= 11 is 1.45. The number of urea groups is 1. The van der Waals surface area contributed by atoms with Crippen LogP contribution in [-0.4, -0.2) is 24.7 Å². The first-order chi connectivity index (χ1) is 9.24. The molecule has 5 heteroatoms. The smallest absolute Gasteiger partial charge is 0.321 e. The third-order valence-electron chi connectivity index (χ3n) is 2.89. The molecule has 0 unspecified atom stereocenters. The van der Waals surface area contributed by atoms with Crippen molar-refractivity contribution in [3.63, 3.8) is 0 Å². The van der Waals surface area contributed by atoms with E-state index < -0.39 is 6.03 Å². The summed E-state index contributed by atoms with van der Waals surface area (Å²) in [6, 6.07) is 5.83. The minimum absolute atomic E-state index is 0.0768. The van der Waals surface area contributed by atoms with Crippen LogP contribution in [0.25, 0.3) is 0 Å². The van der Waals surface area contributed by atoms with Crippen molar-refractivity contribution in [2.45, 2.75) is 38.0 Å². The molecule has 0 saturated carbocycles. The molecule has 1 aromatic rings. The molecule has 0 aromatic heterocycles. The van der Waals surface area contributed by atoms with Gasteiger partial charge < -0.3 is 5.32 Å². The number of amides is 3. The summed E-state index contributed by atoms with van der Waals surface area (Å²) in [4.78, 5) is 23.7. The summed E-state index contributed by atoms with van der Waals surface area (Å²) in [5.41, 5.74) is 2.45. The van der Waals surface area contributed by atoms with Gasteiger partial charge in [0.05, 0.1) is 5.75 Å². The second-order valence-electron chi connectivity index (χ2n) is 5.65. The molecular formula is C15H22N2O2S. The van der Waals surface area contributed by atoms with Gasteiger partial charge in [-0.25, -0.2) is 4.79 Å². The van der Waals surface area contributed by atoms with Crippen LogP contribution in [0.3, 0.4) is 0 Å². The SMILES string of the molecule is CNC(=O)NC(=O)CSc1cc(C(C)(C)C)ccc1C. The zero-order valence-electron chi connectivity index (χ0n) is 12.7. The molecule has 0 radical (unpaired) electrons. The van der Waals surface area contributed by atoms with Gasteiger partial charge in [-0.3, -0.25) is 10.1 Å². The lowest BCUT2D eigenvalue weighted by Crippen LogP contribution is -2.38. The third kappa shape index (κ3) is 4.89. The molecule has 0 bridgehead atoms. The van der Waals surface area contributed by atoms with E-state index in [-0.39, 0.29) is 17.1 Å². The van der Waals surface area contributed by atoms with Crippen LogP contribution in [0.4, 0.5) is 4.79 Å². The van der Waals surface area contributed by atoms with Crippen molar-refractivity contribution < 1.29 is 9.59 Å². The highest BCUT2D eigenvalue weighted by atomic mass is 32.2. The molecule has 1 rings (SSSR count). The van der Waals surface area contributed by atoms with Gasteiger partial charge in [0.15, 0.2) is 0 Å². The zero-order valence-corrected chi connectivity index (χ0v) is 13.5. The van der Waals surface area contributed by atoms with Crippen molar-refractivity contribution >= 4 is 23.7 Å². The predicted molar refractivity (Wildman–Crippen MR) is 83.2 cm³/mol. The van der Waals surface area contributed by atoms with Crippen molar-refractivity contribution in [3.8, 4) is 0 Å². The first-order valence-electron chi connectivity index (χ1n) is 6.49. The van der Waals surface area contributed by atoms with Crippen molar-refractivity contribution in [1.29, 1.82) is 0 Å². The molecule has 0 aliphatic heterocycles. The fourth-order valence-electron chi connectivity index (χ4n) is 1.59. The molecule has 1 aromatic carbocycles. The Morgan fingerprint density at radius 2 is 1.90 bits per heavy atom. The highest BCUT2D eigenvalue weighted by Crippen LogP contribution is 2.29. The van der Waals surface area contributed by atoms with Crippen molar-refractivity contribution in [2.24, 2.45) is 0 Å². The molecule has 2 N–H and O–H groups in total. The Kier molecular flexibility index (Phi) is 5.62. The maximum absolute atomic E-state index is 11.6. The maximum atomic E-state index is 11.6. The number of carbonyl (C=O) groups is 2. The van der Waals surface area contributed by atoms with E-state index in [0.29, 0.717) is 0 Å². The van der Waals surface area contributed by atoms with Crippen LogP contribution in [0, 0.1) is 6.92 Å². The van der Waals surface area contributed by atoms with Gasteiger partial charge in [0.25, 0.3) is 0 Å². The van der Waals surface area contributed by atoms with Gasteiger partial charge in [-0.05, 0) is 29.5 Å². The Bertz CT molecular complexity index is 507. The first kappa shape index (κ1) is 16.6. The van der Waals surface area contributed by atoms with E-state index in [1.165, 1.54) is 24.4 Å². The molecule has 0 saturated heterocycles. The monoisotopic (exact) mass is 294 g/mol. The summed E-state index contributed by atoms with van der Waals surface area (Å²) < 4.78 is 0. The van der Waals surface area contributed by atoms with E-state index in [4.69, 9.17) is 0 Å². The number of hydrogen-bond donors (Lipinski definition) is 2. The van der Waals surface area contributed by atoms with E-state index in [9.17, 15) is 9.59 Å². The van der Waals surface area contributed by atoms with Crippen molar-refractivity contribution in [3.05, 3.63) is 29.3 Å². The lowest BCUT2D eigenvalue weighted by atomic mass is 9.87.